The quantitative estimate of drug-likeness (QED) is 0.829. The number of nitrogens with two attached hydrogens (primary N) is 1. The summed E-state index contributed by atoms with van der Waals surface area (Å²) in [6, 6.07) is 5.58. The van der Waals surface area contributed by atoms with E-state index < -0.39 is 0 Å². The highest BCUT2D eigenvalue weighted by Gasteiger charge is 2.27. The van der Waals surface area contributed by atoms with Crippen LogP contribution in [0.15, 0.2) is 23.1 Å². The second-order valence-electron chi connectivity index (χ2n) is 5.37. The fraction of sp³-hybridized carbons (Fsp3) is 0.333. The molecule has 5 nitrogen and oxygen atoms in total. The zero-order chi connectivity index (χ0) is 15.7. The summed E-state index contributed by atoms with van der Waals surface area (Å²) in [6.45, 7) is 2.40. The van der Waals surface area contributed by atoms with Gasteiger partial charge in [-0.05, 0) is 42.8 Å². The standard InChI is InChI=1S/C15H16ClN3O2S/c16-11-3-1-2-10(6-12-14(20)18-15(21)22-12)13(11)19-5-4-9(7-17)8-19/h1-3,6,9H,4-5,7-8,17H2,(H,18,20,21)/b12-6+. The van der Waals surface area contributed by atoms with Gasteiger partial charge in [-0.25, -0.2) is 0 Å². The molecule has 2 aliphatic heterocycles. The third kappa shape index (κ3) is 2.99. The van der Waals surface area contributed by atoms with E-state index in [2.05, 4.69) is 10.2 Å². The van der Waals surface area contributed by atoms with Gasteiger partial charge < -0.3 is 10.6 Å². The topological polar surface area (TPSA) is 75.4 Å². The van der Waals surface area contributed by atoms with Crippen molar-refractivity contribution in [2.24, 2.45) is 11.7 Å². The van der Waals surface area contributed by atoms with E-state index in [-0.39, 0.29) is 11.1 Å². The van der Waals surface area contributed by atoms with Gasteiger partial charge in [0, 0.05) is 18.7 Å². The van der Waals surface area contributed by atoms with Gasteiger partial charge >= 0.3 is 0 Å². The van der Waals surface area contributed by atoms with Gasteiger partial charge in [-0.15, -0.1) is 0 Å². The van der Waals surface area contributed by atoms with E-state index in [9.17, 15) is 9.59 Å². The first-order valence-corrected chi connectivity index (χ1v) is 8.26. The molecule has 2 heterocycles. The SMILES string of the molecule is NCC1CCN(c2c(Cl)cccc2/C=C2/SC(=O)NC2=O)C1. The minimum atomic E-state index is -0.359. The van der Waals surface area contributed by atoms with E-state index in [0.717, 1.165) is 42.5 Å². The molecule has 2 amide bonds. The Hall–Kier alpha value is -1.50. The van der Waals surface area contributed by atoms with Crippen molar-refractivity contribution < 1.29 is 9.59 Å². The van der Waals surface area contributed by atoms with Crippen LogP contribution in [0, 0.1) is 5.92 Å². The first-order valence-electron chi connectivity index (χ1n) is 7.07. The van der Waals surface area contributed by atoms with Gasteiger partial charge in [-0.1, -0.05) is 23.7 Å². The average Bonchev–Trinajstić information content (AvgIpc) is 3.06. The molecule has 22 heavy (non-hydrogen) atoms. The van der Waals surface area contributed by atoms with Gasteiger partial charge in [0.05, 0.1) is 15.6 Å². The van der Waals surface area contributed by atoms with Crippen LogP contribution in [0.5, 0.6) is 0 Å². The van der Waals surface area contributed by atoms with Crippen molar-refractivity contribution in [1.82, 2.24) is 5.32 Å². The number of amides is 2. The third-order valence-corrected chi connectivity index (χ3v) is 5.00. The number of rotatable bonds is 3. The lowest BCUT2D eigenvalue weighted by Crippen LogP contribution is -2.23. The lowest BCUT2D eigenvalue weighted by molar-refractivity contribution is -0.115. The molecule has 0 spiro atoms. The largest absolute Gasteiger partial charge is 0.370 e. The summed E-state index contributed by atoms with van der Waals surface area (Å²) >= 11 is 7.28. The zero-order valence-electron chi connectivity index (χ0n) is 11.8. The number of nitrogens with one attached hydrogen (secondary N) is 1. The maximum Gasteiger partial charge on any atom is 0.290 e. The number of anilines is 1. The second kappa shape index (κ2) is 6.32. The van der Waals surface area contributed by atoms with Crippen LogP contribution in [0.4, 0.5) is 10.5 Å². The first kappa shape index (κ1) is 15.4. The minimum Gasteiger partial charge on any atom is -0.370 e. The molecule has 0 radical (unpaired) electrons. The van der Waals surface area contributed by atoms with E-state index in [4.69, 9.17) is 17.3 Å². The van der Waals surface area contributed by atoms with Crippen LogP contribution in [0.3, 0.4) is 0 Å². The first-order chi connectivity index (χ1) is 10.6. The molecule has 0 aromatic heterocycles. The Kier molecular flexibility index (Phi) is 4.42. The number of carbonyl (C=O) groups is 2. The molecule has 2 fully saturated rings. The third-order valence-electron chi connectivity index (χ3n) is 3.88. The molecule has 0 aliphatic carbocycles. The van der Waals surface area contributed by atoms with Crippen molar-refractivity contribution in [2.45, 2.75) is 6.42 Å². The number of halogens is 1. The lowest BCUT2D eigenvalue weighted by atomic mass is 10.1. The Bertz CT molecular complexity index is 662. The molecule has 2 aliphatic rings. The van der Waals surface area contributed by atoms with E-state index in [1.807, 2.05) is 18.2 Å². The van der Waals surface area contributed by atoms with Crippen LogP contribution < -0.4 is 16.0 Å². The van der Waals surface area contributed by atoms with Gasteiger partial charge in [0.1, 0.15) is 0 Å². The molecule has 3 rings (SSSR count). The summed E-state index contributed by atoms with van der Waals surface area (Å²) in [7, 11) is 0. The van der Waals surface area contributed by atoms with Gasteiger partial charge in [0.2, 0.25) is 0 Å². The average molecular weight is 338 g/mol. The van der Waals surface area contributed by atoms with Crippen LogP contribution in [-0.4, -0.2) is 30.8 Å². The van der Waals surface area contributed by atoms with E-state index in [1.54, 1.807) is 6.08 Å². The van der Waals surface area contributed by atoms with Crippen LogP contribution >= 0.6 is 23.4 Å². The summed E-state index contributed by atoms with van der Waals surface area (Å²) in [5.74, 6) is 0.102. The summed E-state index contributed by atoms with van der Waals surface area (Å²) < 4.78 is 0. The Morgan fingerprint density at radius 1 is 1.45 bits per heavy atom. The number of hydrogen-bond acceptors (Lipinski definition) is 5. The number of benzene rings is 1. The Morgan fingerprint density at radius 2 is 2.27 bits per heavy atom. The molecule has 3 N–H and O–H groups in total. The van der Waals surface area contributed by atoms with Gasteiger partial charge in [-0.2, -0.15) is 0 Å². The lowest BCUT2D eigenvalue weighted by Gasteiger charge is -2.22. The highest BCUT2D eigenvalue weighted by atomic mass is 35.5. The summed E-state index contributed by atoms with van der Waals surface area (Å²) in [4.78, 5) is 25.6. The molecule has 1 aromatic carbocycles. The zero-order valence-corrected chi connectivity index (χ0v) is 13.4. The Labute approximate surface area is 137 Å². The Balaban J connectivity index is 1.96. The van der Waals surface area contributed by atoms with Crippen LogP contribution in [-0.2, 0) is 4.79 Å². The molecule has 2 saturated heterocycles. The summed E-state index contributed by atoms with van der Waals surface area (Å²) in [5.41, 5.74) is 7.50. The van der Waals surface area contributed by atoms with Crippen molar-refractivity contribution in [3.63, 3.8) is 0 Å². The highest BCUT2D eigenvalue weighted by molar-refractivity contribution is 8.18. The maximum atomic E-state index is 11.7. The summed E-state index contributed by atoms with van der Waals surface area (Å²) in [6.07, 6.45) is 2.76. The van der Waals surface area contributed by atoms with Crippen LogP contribution in [0.2, 0.25) is 5.02 Å². The number of para-hydroxylation sites is 1. The molecule has 1 atom stereocenters. The molecular formula is C15H16ClN3O2S. The predicted octanol–water partition coefficient (Wildman–Crippen LogP) is 2.45. The number of thioether (sulfide) groups is 1. The number of nitrogens with zero attached hydrogens (tertiary/aromatic N) is 1. The van der Waals surface area contributed by atoms with Crippen LogP contribution in [0.25, 0.3) is 6.08 Å². The monoisotopic (exact) mass is 337 g/mol. The van der Waals surface area contributed by atoms with Crippen LogP contribution in [0.1, 0.15) is 12.0 Å². The summed E-state index contributed by atoms with van der Waals surface area (Å²) in [5, 5.41) is 2.56. The van der Waals surface area contributed by atoms with E-state index in [0.29, 0.717) is 22.4 Å². The van der Waals surface area contributed by atoms with Crippen molar-refractivity contribution in [1.29, 1.82) is 0 Å². The van der Waals surface area contributed by atoms with Gasteiger partial charge in [0.15, 0.2) is 0 Å². The molecule has 116 valence electrons. The molecule has 0 bridgehead atoms. The van der Waals surface area contributed by atoms with E-state index >= 15 is 0 Å². The number of imide groups is 1. The van der Waals surface area contributed by atoms with Crippen molar-refractivity contribution in [3.05, 3.63) is 33.7 Å². The second-order valence-corrected chi connectivity index (χ2v) is 6.79. The fourth-order valence-corrected chi connectivity index (χ4v) is 3.75. The van der Waals surface area contributed by atoms with Gasteiger partial charge in [0.25, 0.3) is 11.1 Å². The van der Waals surface area contributed by atoms with Crippen molar-refractivity contribution in [2.75, 3.05) is 24.5 Å². The van der Waals surface area contributed by atoms with Gasteiger partial charge in [-0.3, -0.25) is 14.9 Å². The molecule has 1 unspecified atom stereocenters. The smallest absolute Gasteiger partial charge is 0.290 e. The fourth-order valence-electron chi connectivity index (χ4n) is 2.77. The number of hydrogen-bond donors (Lipinski definition) is 2. The highest BCUT2D eigenvalue weighted by Crippen LogP contribution is 2.36. The van der Waals surface area contributed by atoms with Crippen molar-refractivity contribution >= 4 is 46.3 Å². The molecular weight excluding hydrogens is 322 g/mol. The van der Waals surface area contributed by atoms with Crippen molar-refractivity contribution in [3.8, 4) is 0 Å². The maximum absolute atomic E-state index is 11.7. The normalized spacial score (nSPS) is 23.5. The Morgan fingerprint density at radius 3 is 2.91 bits per heavy atom. The number of carbonyl (C=O) groups excluding carboxylic acids is 2. The predicted molar refractivity (Wildman–Crippen MR) is 89.9 cm³/mol. The minimum absolute atomic E-state index is 0.343. The molecule has 0 saturated carbocycles. The van der Waals surface area contributed by atoms with E-state index in [1.165, 1.54) is 0 Å². The molecule has 1 aromatic rings. The molecule has 7 heteroatoms.